The molecule has 5 rings (SSSR count). The molecule has 0 unspecified atom stereocenters. The van der Waals surface area contributed by atoms with E-state index in [2.05, 4.69) is 16.5 Å². The third-order valence-electron chi connectivity index (χ3n) is 5.48. The molecule has 1 aromatic carbocycles. The summed E-state index contributed by atoms with van der Waals surface area (Å²) < 4.78 is 7.87. The minimum Gasteiger partial charge on any atom is -0.456 e. The van der Waals surface area contributed by atoms with Gasteiger partial charge in [0.15, 0.2) is 0 Å². The number of likely N-dealkylation sites (tertiary alicyclic amines) is 1. The summed E-state index contributed by atoms with van der Waals surface area (Å²) in [6.07, 6.45) is 12.0. The van der Waals surface area contributed by atoms with Crippen molar-refractivity contribution in [3.8, 4) is 22.8 Å². The molecule has 0 N–H and O–H groups in total. The predicted molar refractivity (Wildman–Crippen MR) is 117 cm³/mol. The van der Waals surface area contributed by atoms with Crippen LogP contribution in [0.4, 0.5) is 0 Å². The smallest absolute Gasteiger partial charge is 0.246 e. The van der Waals surface area contributed by atoms with E-state index in [4.69, 9.17) is 9.72 Å². The Morgan fingerprint density at radius 1 is 1.10 bits per heavy atom. The molecule has 1 aliphatic rings. The largest absolute Gasteiger partial charge is 0.456 e. The predicted octanol–water partition coefficient (Wildman–Crippen LogP) is 4.43. The van der Waals surface area contributed by atoms with Crippen LogP contribution in [-0.4, -0.2) is 36.7 Å². The number of rotatable bonds is 5. The van der Waals surface area contributed by atoms with Crippen molar-refractivity contribution >= 4 is 11.4 Å². The van der Waals surface area contributed by atoms with Crippen LogP contribution in [0.3, 0.4) is 0 Å². The summed E-state index contributed by atoms with van der Waals surface area (Å²) in [5.41, 5.74) is 2.68. The zero-order chi connectivity index (χ0) is 21.2. The molecular weight excluding hydrogens is 390 g/mol. The SMILES string of the molecule is C=CC(=O)N1CCC[C@H]1c1nc(-c2ccc(Oc3cccnc3)cc2)c2cnccn12. The Morgan fingerprint density at radius 2 is 1.94 bits per heavy atom. The fraction of sp³-hybridized carbons (Fsp3) is 0.167. The van der Waals surface area contributed by atoms with Crippen LogP contribution in [0, 0.1) is 0 Å². The van der Waals surface area contributed by atoms with Crippen molar-refractivity contribution in [2.75, 3.05) is 6.54 Å². The Balaban J connectivity index is 1.51. The first-order chi connectivity index (χ1) is 15.2. The average Bonchev–Trinajstić information content (AvgIpc) is 3.45. The second-order valence-corrected chi connectivity index (χ2v) is 7.36. The van der Waals surface area contributed by atoms with Crippen molar-refractivity contribution in [3.05, 3.63) is 85.9 Å². The molecule has 3 aromatic heterocycles. The van der Waals surface area contributed by atoms with Crippen LogP contribution in [0.1, 0.15) is 24.7 Å². The summed E-state index contributed by atoms with van der Waals surface area (Å²) in [6, 6.07) is 11.4. The van der Waals surface area contributed by atoms with Gasteiger partial charge in [0, 0.05) is 30.7 Å². The molecule has 1 atom stereocenters. The molecule has 7 heteroatoms. The molecule has 4 heterocycles. The molecule has 0 saturated carbocycles. The van der Waals surface area contributed by atoms with Gasteiger partial charge in [0.25, 0.3) is 0 Å². The Hall–Kier alpha value is -4.00. The van der Waals surface area contributed by atoms with E-state index >= 15 is 0 Å². The van der Waals surface area contributed by atoms with E-state index in [1.54, 1.807) is 24.8 Å². The van der Waals surface area contributed by atoms with Gasteiger partial charge >= 0.3 is 0 Å². The summed E-state index contributed by atoms with van der Waals surface area (Å²) in [7, 11) is 0. The van der Waals surface area contributed by atoms with E-state index in [-0.39, 0.29) is 11.9 Å². The number of hydrogen-bond donors (Lipinski definition) is 0. The molecule has 31 heavy (non-hydrogen) atoms. The highest BCUT2D eigenvalue weighted by atomic mass is 16.5. The van der Waals surface area contributed by atoms with Gasteiger partial charge in [0.05, 0.1) is 29.6 Å². The maximum atomic E-state index is 12.3. The van der Waals surface area contributed by atoms with Gasteiger partial charge in [-0.25, -0.2) is 4.98 Å². The van der Waals surface area contributed by atoms with Gasteiger partial charge in [0.2, 0.25) is 5.91 Å². The van der Waals surface area contributed by atoms with Crippen molar-refractivity contribution < 1.29 is 9.53 Å². The quantitative estimate of drug-likeness (QED) is 0.454. The van der Waals surface area contributed by atoms with Crippen molar-refractivity contribution in [1.82, 2.24) is 24.3 Å². The first-order valence-corrected chi connectivity index (χ1v) is 10.2. The second-order valence-electron chi connectivity index (χ2n) is 7.36. The van der Waals surface area contributed by atoms with Gasteiger partial charge in [-0.15, -0.1) is 0 Å². The number of hydrogen-bond acceptors (Lipinski definition) is 5. The molecule has 0 bridgehead atoms. The molecule has 1 aliphatic heterocycles. The molecule has 1 amide bonds. The number of carbonyl (C=O) groups excluding carboxylic acids is 1. The number of imidazole rings is 1. The zero-order valence-corrected chi connectivity index (χ0v) is 16.9. The minimum absolute atomic E-state index is 0.0632. The van der Waals surface area contributed by atoms with Gasteiger partial charge in [-0.05, 0) is 55.3 Å². The van der Waals surface area contributed by atoms with Crippen LogP contribution in [0.15, 0.2) is 80.0 Å². The Morgan fingerprint density at radius 3 is 2.71 bits per heavy atom. The van der Waals surface area contributed by atoms with Crippen LogP contribution in [0.2, 0.25) is 0 Å². The summed E-state index contributed by atoms with van der Waals surface area (Å²) >= 11 is 0. The van der Waals surface area contributed by atoms with E-state index in [1.807, 2.05) is 51.9 Å². The molecule has 0 aliphatic carbocycles. The topological polar surface area (TPSA) is 72.6 Å². The number of pyridine rings is 1. The van der Waals surface area contributed by atoms with E-state index in [1.165, 1.54) is 6.08 Å². The summed E-state index contributed by atoms with van der Waals surface area (Å²) in [5.74, 6) is 2.18. The molecule has 4 aromatic rings. The van der Waals surface area contributed by atoms with Crippen molar-refractivity contribution in [3.63, 3.8) is 0 Å². The van der Waals surface area contributed by atoms with E-state index in [9.17, 15) is 4.79 Å². The Bertz CT molecular complexity index is 1230. The fourth-order valence-corrected chi connectivity index (χ4v) is 4.05. The average molecular weight is 411 g/mol. The minimum atomic E-state index is -0.0812. The highest BCUT2D eigenvalue weighted by Gasteiger charge is 2.32. The van der Waals surface area contributed by atoms with Gasteiger partial charge in [-0.3, -0.25) is 19.2 Å². The summed E-state index contributed by atoms with van der Waals surface area (Å²) in [5, 5.41) is 0. The lowest BCUT2D eigenvalue weighted by molar-refractivity contribution is -0.127. The first-order valence-electron chi connectivity index (χ1n) is 10.2. The van der Waals surface area contributed by atoms with Crippen molar-refractivity contribution in [2.45, 2.75) is 18.9 Å². The number of benzene rings is 1. The van der Waals surface area contributed by atoms with Crippen LogP contribution in [0.25, 0.3) is 16.8 Å². The number of nitrogens with zero attached hydrogens (tertiary/aromatic N) is 5. The second kappa shape index (κ2) is 8.02. The highest BCUT2D eigenvalue weighted by molar-refractivity contribution is 5.87. The molecule has 1 saturated heterocycles. The normalized spacial score (nSPS) is 15.9. The van der Waals surface area contributed by atoms with Gasteiger partial charge in [-0.2, -0.15) is 0 Å². The highest BCUT2D eigenvalue weighted by Crippen LogP contribution is 2.35. The van der Waals surface area contributed by atoms with Crippen LogP contribution in [-0.2, 0) is 4.79 Å². The van der Waals surface area contributed by atoms with Gasteiger partial charge < -0.3 is 9.64 Å². The Labute approximate surface area is 179 Å². The monoisotopic (exact) mass is 411 g/mol. The standard InChI is InChI=1S/C24H21N5O2/c1-2-22(30)28-13-4-6-20(28)24-27-23(21-16-26-12-14-29(21)24)17-7-9-18(10-8-17)31-19-5-3-11-25-15-19/h2-3,5,7-12,14-16,20H,1,4,6,13H2/t20-/m0/s1. The van der Waals surface area contributed by atoms with Crippen molar-refractivity contribution in [2.24, 2.45) is 0 Å². The van der Waals surface area contributed by atoms with Crippen LogP contribution >= 0.6 is 0 Å². The van der Waals surface area contributed by atoms with Crippen LogP contribution < -0.4 is 4.74 Å². The molecule has 1 fully saturated rings. The Kier molecular flexibility index (Phi) is 4.92. The number of carbonyl (C=O) groups is 1. The van der Waals surface area contributed by atoms with E-state index < -0.39 is 0 Å². The number of fused-ring (bicyclic) bond motifs is 1. The van der Waals surface area contributed by atoms with Gasteiger partial charge in [0.1, 0.15) is 17.3 Å². The lowest BCUT2D eigenvalue weighted by Gasteiger charge is -2.22. The summed E-state index contributed by atoms with van der Waals surface area (Å²) in [4.78, 5) is 27.5. The third-order valence-corrected chi connectivity index (χ3v) is 5.48. The maximum absolute atomic E-state index is 12.3. The summed E-state index contributed by atoms with van der Waals surface area (Å²) in [6.45, 7) is 4.36. The van der Waals surface area contributed by atoms with Crippen LogP contribution in [0.5, 0.6) is 11.5 Å². The van der Waals surface area contributed by atoms with Gasteiger partial charge in [-0.1, -0.05) is 6.58 Å². The third kappa shape index (κ3) is 3.54. The number of ether oxygens (including phenoxy) is 1. The zero-order valence-electron chi connectivity index (χ0n) is 16.9. The molecule has 0 spiro atoms. The molecular formula is C24H21N5O2. The van der Waals surface area contributed by atoms with Crippen molar-refractivity contribution in [1.29, 1.82) is 0 Å². The van der Waals surface area contributed by atoms with E-state index in [0.29, 0.717) is 12.3 Å². The molecule has 154 valence electrons. The number of aromatic nitrogens is 4. The lowest BCUT2D eigenvalue weighted by Crippen LogP contribution is -2.29. The maximum Gasteiger partial charge on any atom is 0.246 e. The molecule has 7 nitrogen and oxygen atoms in total. The van der Waals surface area contributed by atoms with E-state index in [0.717, 1.165) is 41.2 Å². The fourth-order valence-electron chi connectivity index (χ4n) is 4.05. The first kappa shape index (κ1) is 19.0. The molecule has 0 radical (unpaired) electrons. The number of amides is 1. The lowest BCUT2D eigenvalue weighted by atomic mass is 10.1.